The lowest BCUT2D eigenvalue weighted by atomic mass is 10.1. The zero-order valence-electron chi connectivity index (χ0n) is 10.1. The molecule has 0 aliphatic carbocycles. The molecule has 0 aliphatic rings. The van der Waals surface area contributed by atoms with Crippen LogP contribution in [0.15, 0.2) is 0 Å². The number of carbonyl (C=O) groups excluding carboxylic acids is 1. The van der Waals surface area contributed by atoms with E-state index in [-0.39, 0.29) is 0 Å². The summed E-state index contributed by atoms with van der Waals surface area (Å²) in [5.74, 6) is 0. The first-order valence-electron chi connectivity index (χ1n) is 5.14. The SMILES string of the molecule is C[C@@H](O)[C@@H](O)[C@H](CO)NC(=O)OC(C)(C)C. The molecule has 0 spiro atoms. The molecule has 0 unspecified atom stereocenters. The van der Waals surface area contributed by atoms with Crippen LogP contribution in [-0.2, 0) is 4.74 Å². The van der Waals surface area contributed by atoms with E-state index in [1.54, 1.807) is 20.8 Å². The van der Waals surface area contributed by atoms with Gasteiger partial charge in [-0.3, -0.25) is 0 Å². The highest BCUT2D eigenvalue weighted by molar-refractivity contribution is 5.68. The van der Waals surface area contributed by atoms with Gasteiger partial charge in [-0.1, -0.05) is 0 Å². The molecule has 3 atom stereocenters. The lowest BCUT2D eigenvalue weighted by Gasteiger charge is -2.26. The Morgan fingerprint density at radius 1 is 1.38 bits per heavy atom. The monoisotopic (exact) mass is 235 g/mol. The summed E-state index contributed by atoms with van der Waals surface area (Å²) >= 11 is 0. The molecule has 1 amide bonds. The third kappa shape index (κ3) is 5.89. The topological polar surface area (TPSA) is 99.0 Å². The molecule has 0 saturated carbocycles. The zero-order valence-corrected chi connectivity index (χ0v) is 10.1. The van der Waals surface area contributed by atoms with Crippen molar-refractivity contribution in [1.29, 1.82) is 0 Å². The molecule has 0 aliphatic heterocycles. The number of aliphatic hydroxyl groups is 3. The lowest BCUT2D eigenvalue weighted by molar-refractivity contribution is -0.0127. The van der Waals surface area contributed by atoms with Crippen molar-refractivity contribution in [3.8, 4) is 0 Å². The fraction of sp³-hybridized carbons (Fsp3) is 0.900. The largest absolute Gasteiger partial charge is 0.444 e. The maximum Gasteiger partial charge on any atom is 0.408 e. The van der Waals surface area contributed by atoms with Gasteiger partial charge in [-0.05, 0) is 27.7 Å². The van der Waals surface area contributed by atoms with Crippen molar-refractivity contribution in [3.63, 3.8) is 0 Å². The van der Waals surface area contributed by atoms with Crippen molar-refractivity contribution in [1.82, 2.24) is 5.32 Å². The Hall–Kier alpha value is -0.850. The Balaban J connectivity index is 4.28. The Labute approximate surface area is 95.2 Å². The third-order valence-corrected chi connectivity index (χ3v) is 1.81. The van der Waals surface area contributed by atoms with Crippen LogP contribution in [0.3, 0.4) is 0 Å². The van der Waals surface area contributed by atoms with Gasteiger partial charge < -0.3 is 25.4 Å². The number of hydrogen-bond acceptors (Lipinski definition) is 5. The summed E-state index contributed by atoms with van der Waals surface area (Å²) in [6.07, 6.45) is -3.03. The number of hydrogen-bond donors (Lipinski definition) is 4. The van der Waals surface area contributed by atoms with Gasteiger partial charge in [0.05, 0.1) is 18.8 Å². The molecule has 0 saturated heterocycles. The van der Waals surface area contributed by atoms with Crippen molar-refractivity contribution in [3.05, 3.63) is 0 Å². The van der Waals surface area contributed by atoms with Gasteiger partial charge in [0.25, 0.3) is 0 Å². The number of carbonyl (C=O) groups is 1. The molecule has 96 valence electrons. The quantitative estimate of drug-likeness (QED) is 0.532. The smallest absolute Gasteiger partial charge is 0.408 e. The van der Waals surface area contributed by atoms with E-state index < -0.39 is 36.6 Å². The van der Waals surface area contributed by atoms with Gasteiger partial charge >= 0.3 is 6.09 Å². The summed E-state index contributed by atoms with van der Waals surface area (Å²) in [4.78, 5) is 11.3. The van der Waals surface area contributed by atoms with Gasteiger partial charge in [0, 0.05) is 0 Å². The number of aliphatic hydroxyl groups excluding tert-OH is 3. The zero-order chi connectivity index (χ0) is 12.9. The molecule has 0 fully saturated rings. The van der Waals surface area contributed by atoms with E-state index in [2.05, 4.69) is 5.32 Å². The van der Waals surface area contributed by atoms with E-state index in [9.17, 15) is 9.90 Å². The van der Waals surface area contributed by atoms with Crippen LogP contribution in [0.25, 0.3) is 0 Å². The minimum absolute atomic E-state index is 0.481. The minimum atomic E-state index is -1.24. The van der Waals surface area contributed by atoms with Gasteiger partial charge in [0.2, 0.25) is 0 Å². The van der Waals surface area contributed by atoms with Crippen molar-refractivity contribution in [2.45, 2.75) is 51.5 Å². The van der Waals surface area contributed by atoms with Crippen molar-refractivity contribution in [2.75, 3.05) is 6.61 Å². The first kappa shape index (κ1) is 15.2. The van der Waals surface area contributed by atoms with Gasteiger partial charge in [-0.25, -0.2) is 4.79 Å². The van der Waals surface area contributed by atoms with Crippen molar-refractivity contribution in [2.24, 2.45) is 0 Å². The molecular formula is C10H21NO5. The molecule has 16 heavy (non-hydrogen) atoms. The van der Waals surface area contributed by atoms with Gasteiger partial charge in [0.15, 0.2) is 0 Å². The number of alkyl carbamates (subject to hydrolysis) is 1. The molecule has 6 heteroatoms. The summed E-state index contributed by atoms with van der Waals surface area (Å²) in [5, 5.41) is 29.8. The molecular weight excluding hydrogens is 214 g/mol. The second-order valence-electron chi connectivity index (χ2n) is 4.67. The van der Waals surface area contributed by atoms with Gasteiger partial charge in [0.1, 0.15) is 11.7 Å². The highest BCUT2D eigenvalue weighted by Crippen LogP contribution is 2.07. The summed E-state index contributed by atoms with van der Waals surface area (Å²) in [6.45, 7) is 5.98. The van der Waals surface area contributed by atoms with Crippen molar-refractivity contribution >= 4 is 6.09 Å². The third-order valence-electron chi connectivity index (χ3n) is 1.81. The van der Waals surface area contributed by atoms with Gasteiger partial charge in [-0.15, -0.1) is 0 Å². The van der Waals surface area contributed by atoms with Crippen molar-refractivity contribution < 1.29 is 24.9 Å². The Morgan fingerprint density at radius 3 is 2.19 bits per heavy atom. The predicted molar refractivity (Wildman–Crippen MR) is 57.9 cm³/mol. The Morgan fingerprint density at radius 2 is 1.88 bits per heavy atom. The van der Waals surface area contributed by atoms with Crippen LogP contribution in [0, 0.1) is 0 Å². The standard InChI is InChI=1S/C10H21NO5/c1-6(13)8(14)7(5-12)11-9(15)16-10(2,3)4/h6-8,12-14H,5H2,1-4H3,(H,11,15)/t6-,7+,8-/m1/s1. The summed E-state index contributed by atoms with van der Waals surface area (Å²) in [5.41, 5.74) is -0.653. The van der Waals surface area contributed by atoms with Crippen LogP contribution >= 0.6 is 0 Å². The minimum Gasteiger partial charge on any atom is -0.444 e. The first-order valence-corrected chi connectivity index (χ1v) is 5.14. The number of nitrogens with one attached hydrogen (secondary N) is 1. The Kier molecular flexibility index (Phi) is 5.71. The van der Waals surface area contributed by atoms with E-state index in [1.807, 2.05) is 0 Å². The molecule has 0 rings (SSSR count). The summed E-state index contributed by atoms with van der Waals surface area (Å²) in [7, 11) is 0. The average molecular weight is 235 g/mol. The van der Waals surface area contributed by atoms with Crippen LogP contribution in [0.5, 0.6) is 0 Å². The molecule has 0 radical (unpaired) electrons. The van der Waals surface area contributed by atoms with E-state index in [0.29, 0.717) is 0 Å². The highest BCUT2D eigenvalue weighted by atomic mass is 16.6. The Bertz CT molecular complexity index is 224. The van der Waals surface area contributed by atoms with Crippen LogP contribution in [0.2, 0.25) is 0 Å². The lowest BCUT2D eigenvalue weighted by Crippen LogP contribution is -2.51. The molecule has 6 nitrogen and oxygen atoms in total. The maximum absolute atomic E-state index is 11.3. The molecule has 0 aromatic heterocycles. The molecule has 0 heterocycles. The average Bonchev–Trinajstić information content (AvgIpc) is 2.09. The van der Waals surface area contributed by atoms with Crippen LogP contribution < -0.4 is 5.32 Å². The highest BCUT2D eigenvalue weighted by Gasteiger charge is 2.26. The van der Waals surface area contributed by atoms with Crippen LogP contribution in [0.4, 0.5) is 4.79 Å². The van der Waals surface area contributed by atoms with Crippen LogP contribution in [0.1, 0.15) is 27.7 Å². The second kappa shape index (κ2) is 6.03. The van der Waals surface area contributed by atoms with E-state index in [4.69, 9.17) is 14.9 Å². The number of amides is 1. The fourth-order valence-corrected chi connectivity index (χ4v) is 1.03. The first-order chi connectivity index (χ1) is 7.17. The second-order valence-corrected chi connectivity index (χ2v) is 4.67. The summed E-state index contributed by atoms with van der Waals surface area (Å²) < 4.78 is 4.95. The maximum atomic E-state index is 11.3. The number of ether oxygens (including phenoxy) is 1. The summed E-state index contributed by atoms with van der Waals surface area (Å²) in [6, 6.07) is -0.949. The molecule has 4 N–H and O–H groups in total. The van der Waals surface area contributed by atoms with E-state index in [1.165, 1.54) is 6.92 Å². The van der Waals surface area contributed by atoms with E-state index >= 15 is 0 Å². The molecule has 0 bridgehead atoms. The van der Waals surface area contributed by atoms with Gasteiger partial charge in [-0.2, -0.15) is 0 Å². The molecule has 0 aromatic rings. The number of rotatable bonds is 4. The van der Waals surface area contributed by atoms with Crippen LogP contribution in [-0.4, -0.2) is 51.9 Å². The van der Waals surface area contributed by atoms with E-state index in [0.717, 1.165) is 0 Å². The predicted octanol–water partition coefficient (Wildman–Crippen LogP) is -0.386. The fourth-order valence-electron chi connectivity index (χ4n) is 1.03. The molecule has 0 aromatic carbocycles. The normalized spacial score (nSPS) is 17.4.